The number of benzene rings is 1. The lowest BCUT2D eigenvalue weighted by Gasteiger charge is -2.34. The highest BCUT2D eigenvalue weighted by Gasteiger charge is 2.32. The number of carbonyl (C=O) groups excluding carboxylic acids is 1. The smallest absolute Gasteiger partial charge is 0.254 e. The molecule has 1 amide bonds. The summed E-state index contributed by atoms with van der Waals surface area (Å²) in [6, 6.07) is 4.91. The normalized spacial score (nSPS) is 22.2. The molecule has 2 fully saturated rings. The molecule has 5 nitrogen and oxygen atoms in total. The van der Waals surface area contributed by atoms with Gasteiger partial charge in [-0.1, -0.05) is 37.8 Å². The molecule has 0 bridgehead atoms. The third-order valence-electron chi connectivity index (χ3n) is 6.03. The molecule has 1 unspecified atom stereocenters. The average molecular weight is 427 g/mol. The van der Waals surface area contributed by atoms with Gasteiger partial charge in [0.25, 0.3) is 5.91 Å². The molecule has 2 aliphatic rings. The minimum atomic E-state index is -3.71. The number of hydrogen-bond donors (Lipinski definition) is 0. The van der Waals surface area contributed by atoms with Crippen molar-refractivity contribution in [3.63, 3.8) is 0 Å². The van der Waals surface area contributed by atoms with E-state index in [-0.39, 0.29) is 21.9 Å². The first-order valence-electron chi connectivity index (χ1n) is 10.4. The van der Waals surface area contributed by atoms with Crippen LogP contribution in [0.4, 0.5) is 0 Å². The molecular formula is C21H31ClN2O3S. The first-order valence-corrected chi connectivity index (χ1v) is 12.3. The van der Waals surface area contributed by atoms with Crippen LogP contribution < -0.4 is 0 Å². The maximum atomic E-state index is 13.2. The van der Waals surface area contributed by atoms with Gasteiger partial charge in [0.05, 0.1) is 5.02 Å². The van der Waals surface area contributed by atoms with Crippen LogP contribution in [-0.4, -0.2) is 49.2 Å². The quantitative estimate of drug-likeness (QED) is 0.693. The fourth-order valence-corrected chi connectivity index (χ4v) is 6.56. The molecule has 156 valence electrons. The molecule has 0 N–H and O–H groups in total. The second-order valence-corrected chi connectivity index (χ2v) is 10.5. The van der Waals surface area contributed by atoms with E-state index in [0.29, 0.717) is 31.1 Å². The molecule has 1 atom stereocenters. The Morgan fingerprint density at radius 1 is 1.18 bits per heavy atom. The van der Waals surface area contributed by atoms with Gasteiger partial charge < -0.3 is 4.90 Å². The Hall–Kier alpha value is -1.11. The van der Waals surface area contributed by atoms with Crippen molar-refractivity contribution < 1.29 is 13.2 Å². The van der Waals surface area contributed by atoms with Crippen LogP contribution in [0.5, 0.6) is 0 Å². The van der Waals surface area contributed by atoms with Crippen LogP contribution in [0, 0.1) is 5.92 Å². The van der Waals surface area contributed by atoms with E-state index >= 15 is 0 Å². The lowest BCUT2D eigenvalue weighted by molar-refractivity contribution is 0.0647. The second kappa shape index (κ2) is 9.14. The maximum absolute atomic E-state index is 13.2. The Morgan fingerprint density at radius 3 is 2.54 bits per heavy atom. The van der Waals surface area contributed by atoms with E-state index in [1.165, 1.54) is 16.8 Å². The van der Waals surface area contributed by atoms with E-state index in [9.17, 15) is 13.2 Å². The lowest BCUT2D eigenvalue weighted by atomic mass is 9.93. The van der Waals surface area contributed by atoms with Gasteiger partial charge in [0.1, 0.15) is 4.90 Å². The first kappa shape index (κ1) is 21.6. The van der Waals surface area contributed by atoms with E-state index in [4.69, 9.17) is 11.6 Å². The van der Waals surface area contributed by atoms with Crippen molar-refractivity contribution in [1.29, 1.82) is 0 Å². The fourth-order valence-electron chi connectivity index (χ4n) is 4.46. The zero-order chi connectivity index (χ0) is 20.3. The second-order valence-electron chi connectivity index (χ2n) is 8.14. The summed E-state index contributed by atoms with van der Waals surface area (Å²) >= 11 is 6.27. The Labute approximate surface area is 174 Å². The van der Waals surface area contributed by atoms with Crippen molar-refractivity contribution in [2.24, 2.45) is 5.92 Å². The zero-order valence-corrected chi connectivity index (χ0v) is 18.4. The number of halogens is 1. The number of piperidine rings is 1. The summed E-state index contributed by atoms with van der Waals surface area (Å²) in [5.41, 5.74) is 0.403. The van der Waals surface area contributed by atoms with Crippen LogP contribution in [-0.2, 0) is 10.0 Å². The third-order valence-corrected chi connectivity index (χ3v) is 8.38. The van der Waals surface area contributed by atoms with Crippen molar-refractivity contribution in [3.8, 4) is 0 Å². The predicted molar refractivity (Wildman–Crippen MR) is 112 cm³/mol. The van der Waals surface area contributed by atoms with E-state index in [1.54, 1.807) is 12.1 Å². The monoisotopic (exact) mass is 426 g/mol. The van der Waals surface area contributed by atoms with Crippen molar-refractivity contribution in [2.45, 2.75) is 69.7 Å². The highest BCUT2D eigenvalue weighted by atomic mass is 35.5. The fraction of sp³-hybridized carbons (Fsp3) is 0.667. The number of sulfonamides is 1. The molecule has 0 radical (unpaired) electrons. The largest absolute Gasteiger partial charge is 0.336 e. The Kier molecular flexibility index (Phi) is 7.05. The van der Waals surface area contributed by atoms with Gasteiger partial charge in [-0.05, 0) is 56.7 Å². The van der Waals surface area contributed by atoms with Gasteiger partial charge in [0, 0.05) is 31.2 Å². The number of amides is 1. The molecular weight excluding hydrogens is 396 g/mol. The SMILES string of the molecule is CCN(C(=O)c1ccc(Cl)c(S(=O)(=O)N2CCCC(C)C2)c1)C1CCCCC1. The highest BCUT2D eigenvalue weighted by molar-refractivity contribution is 7.89. The summed E-state index contributed by atoms with van der Waals surface area (Å²) in [7, 11) is -3.71. The van der Waals surface area contributed by atoms with E-state index < -0.39 is 10.0 Å². The van der Waals surface area contributed by atoms with Gasteiger partial charge in [0.15, 0.2) is 0 Å². The van der Waals surface area contributed by atoms with Crippen LogP contribution in [0.2, 0.25) is 5.02 Å². The molecule has 3 rings (SSSR count). The molecule has 1 aromatic rings. The molecule has 1 aliphatic heterocycles. The third kappa shape index (κ3) is 4.55. The summed E-state index contributed by atoms with van der Waals surface area (Å²) in [4.78, 5) is 15.1. The van der Waals surface area contributed by atoms with Crippen molar-refractivity contribution in [1.82, 2.24) is 9.21 Å². The Balaban J connectivity index is 1.89. The van der Waals surface area contributed by atoms with E-state index in [2.05, 4.69) is 6.92 Å². The van der Waals surface area contributed by atoms with Crippen LogP contribution in [0.25, 0.3) is 0 Å². The molecule has 1 saturated carbocycles. The molecule has 0 spiro atoms. The van der Waals surface area contributed by atoms with E-state index in [1.807, 2.05) is 11.8 Å². The van der Waals surface area contributed by atoms with Gasteiger partial charge in [-0.2, -0.15) is 4.31 Å². The molecule has 7 heteroatoms. The standard InChI is InChI=1S/C21H31ClN2O3S/c1-3-24(18-9-5-4-6-10-18)21(25)17-11-12-19(22)20(14-17)28(26,27)23-13-7-8-16(2)15-23/h11-12,14,16,18H,3-10,13,15H2,1-2H3. The number of carbonyl (C=O) groups is 1. The predicted octanol–water partition coefficient (Wildman–Crippen LogP) is 4.56. The Morgan fingerprint density at radius 2 is 1.89 bits per heavy atom. The molecule has 28 heavy (non-hydrogen) atoms. The van der Waals surface area contributed by atoms with Crippen LogP contribution in [0.1, 0.15) is 69.2 Å². The van der Waals surface area contributed by atoms with Crippen molar-refractivity contribution >= 4 is 27.5 Å². The number of rotatable bonds is 5. The molecule has 1 aromatic carbocycles. The van der Waals surface area contributed by atoms with Gasteiger partial charge in [-0.3, -0.25) is 4.79 Å². The minimum Gasteiger partial charge on any atom is -0.336 e. The highest BCUT2D eigenvalue weighted by Crippen LogP contribution is 2.30. The summed E-state index contributed by atoms with van der Waals surface area (Å²) in [5.74, 6) is 0.225. The number of nitrogens with zero attached hydrogens (tertiary/aromatic N) is 2. The molecule has 0 aromatic heterocycles. The lowest BCUT2D eigenvalue weighted by Crippen LogP contribution is -2.41. The maximum Gasteiger partial charge on any atom is 0.254 e. The number of hydrogen-bond acceptors (Lipinski definition) is 3. The molecule has 1 aliphatic carbocycles. The topological polar surface area (TPSA) is 57.7 Å². The zero-order valence-electron chi connectivity index (χ0n) is 16.9. The van der Waals surface area contributed by atoms with Gasteiger partial charge >= 0.3 is 0 Å². The van der Waals surface area contributed by atoms with E-state index in [0.717, 1.165) is 38.5 Å². The molecule has 1 heterocycles. The van der Waals surface area contributed by atoms with Crippen LogP contribution in [0.15, 0.2) is 23.1 Å². The van der Waals surface area contributed by atoms with Gasteiger partial charge in [-0.15, -0.1) is 0 Å². The summed E-state index contributed by atoms with van der Waals surface area (Å²) in [6.45, 7) is 5.67. The summed E-state index contributed by atoms with van der Waals surface area (Å²) < 4.78 is 27.9. The first-order chi connectivity index (χ1) is 13.3. The Bertz CT molecular complexity index is 806. The van der Waals surface area contributed by atoms with Crippen LogP contribution in [0.3, 0.4) is 0 Å². The van der Waals surface area contributed by atoms with Crippen LogP contribution >= 0.6 is 11.6 Å². The van der Waals surface area contributed by atoms with Gasteiger partial charge in [-0.25, -0.2) is 8.42 Å². The minimum absolute atomic E-state index is 0.0498. The summed E-state index contributed by atoms with van der Waals surface area (Å²) in [6.07, 6.45) is 7.42. The average Bonchev–Trinajstić information content (AvgIpc) is 2.69. The summed E-state index contributed by atoms with van der Waals surface area (Å²) in [5, 5.41) is 0.176. The van der Waals surface area contributed by atoms with Crippen molar-refractivity contribution in [3.05, 3.63) is 28.8 Å². The van der Waals surface area contributed by atoms with Gasteiger partial charge in [0.2, 0.25) is 10.0 Å². The molecule has 1 saturated heterocycles. The van der Waals surface area contributed by atoms with Crippen molar-refractivity contribution in [2.75, 3.05) is 19.6 Å².